The minimum atomic E-state index is -0.163. The van der Waals surface area contributed by atoms with Crippen molar-refractivity contribution in [1.82, 2.24) is 10.2 Å². The summed E-state index contributed by atoms with van der Waals surface area (Å²) in [7, 11) is 2.13. The normalized spacial score (nSPS) is 21.1. The number of hydrogen-bond donors (Lipinski definition) is 1. The molecule has 0 aromatic heterocycles. The number of likely N-dealkylation sites (N-methyl/N-ethyl adjacent to an activating group) is 1. The smallest absolute Gasteiger partial charge is 0.123 e. The van der Waals surface area contributed by atoms with E-state index in [1.165, 1.54) is 24.1 Å². The zero-order chi connectivity index (χ0) is 10.7. The summed E-state index contributed by atoms with van der Waals surface area (Å²) in [5, 5.41) is 3.35. The zero-order valence-electron chi connectivity index (χ0n) is 9.04. The molecule has 1 N–H and O–H groups in total. The van der Waals surface area contributed by atoms with Crippen molar-refractivity contribution in [2.24, 2.45) is 0 Å². The van der Waals surface area contributed by atoms with E-state index in [9.17, 15) is 4.39 Å². The maximum atomic E-state index is 12.7. The van der Waals surface area contributed by atoms with Crippen molar-refractivity contribution in [2.75, 3.05) is 20.1 Å². The van der Waals surface area contributed by atoms with Gasteiger partial charge in [-0.2, -0.15) is 0 Å². The van der Waals surface area contributed by atoms with Gasteiger partial charge in [-0.15, -0.1) is 0 Å². The molecule has 0 saturated carbocycles. The summed E-state index contributed by atoms with van der Waals surface area (Å²) in [5.41, 5.74) is 1.17. The molecule has 1 aromatic carbocycles. The Balaban J connectivity index is 1.92. The molecule has 0 amide bonds. The number of nitrogens with one attached hydrogen (secondary N) is 1. The van der Waals surface area contributed by atoms with Gasteiger partial charge >= 0.3 is 0 Å². The third-order valence-electron chi connectivity index (χ3n) is 3.00. The molecule has 0 aliphatic carbocycles. The molecule has 0 spiro atoms. The second kappa shape index (κ2) is 4.73. The molecular formula is C12H17FN2. The maximum absolute atomic E-state index is 12.7. The van der Waals surface area contributed by atoms with E-state index in [4.69, 9.17) is 0 Å². The molecule has 15 heavy (non-hydrogen) atoms. The molecule has 1 aromatic rings. The molecule has 1 aliphatic heterocycles. The van der Waals surface area contributed by atoms with Crippen LogP contribution in [0.1, 0.15) is 12.0 Å². The molecular weight excluding hydrogens is 191 g/mol. The first-order valence-electron chi connectivity index (χ1n) is 5.41. The van der Waals surface area contributed by atoms with Crippen molar-refractivity contribution < 1.29 is 4.39 Å². The Morgan fingerprint density at radius 2 is 2.13 bits per heavy atom. The first kappa shape index (κ1) is 10.6. The Bertz CT molecular complexity index is 304. The number of rotatable bonds is 3. The molecule has 1 fully saturated rings. The van der Waals surface area contributed by atoms with Gasteiger partial charge in [0.2, 0.25) is 0 Å². The lowest BCUT2D eigenvalue weighted by molar-refractivity contribution is 0.249. The largest absolute Gasteiger partial charge is 0.315 e. The van der Waals surface area contributed by atoms with E-state index < -0.39 is 0 Å². The topological polar surface area (TPSA) is 15.3 Å². The molecule has 1 atom stereocenters. The summed E-state index contributed by atoms with van der Waals surface area (Å²) in [5.74, 6) is -0.163. The van der Waals surface area contributed by atoms with Gasteiger partial charge in [-0.1, -0.05) is 12.1 Å². The Morgan fingerprint density at radius 1 is 1.40 bits per heavy atom. The van der Waals surface area contributed by atoms with Crippen molar-refractivity contribution in [2.45, 2.75) is 19.0 Å². The quantitative estimate of drug-likeness (QED) is 0.812. The van der Waals surface area contributed by atoms with E-state index in [2.05, 4.69) is 17.3 Å². The average molecular weight is 208 g/mol. The summed E-state index contributed by atoms with van der Waals surface area (Å²) < 4.78 is 12.7. The van der Waals surface area contributed by atoms with Crippen LogP contribution in [0.25, 0.3) is 0 Å². The fourth-order valence-electron chi connectivity index (χ4n) is 2.02. The molecule has 1 unspecified atom stereocenters. The van der Waals surface area contributed by atoms with Crippen LogP contribution < -0.4 is 5.32 Å². The van der Waals surface area contributed by atoms with Crippen LogP contribution in [0.3, 0.4) is 0 Å². The lowest BCUT2D eigenvalue weighted by Crippen LogP contribution is -2.32. The highest BCUT2D eigenvalue weighted by atomic mass is 19.1. The molecule has 2 nitrogen and oxygen atoms in total. The van der Waals surface area contributed by atoms with Crippen molar-refractivity contribution >= 4 is 0 Å². The lowest BCUT2D eigenvalue weighted by atomic mass is 10.1. The summed E-state index contributed by atoms with van der Waals surface area (Å²) in [6.45, 7) is 3.07. The van der Waals surface area contributed by atoms with Gasteiger partial charge < -0.3 is 5.32 Å². The summed E-state index contributed by atoms with van der Waals surface area (Å²) in [6.07, 6.45) is 1.21. The van der Waals surface area contributed by atoms with E-state index in [1.807, 2.05) is 12.1 Å². The van der Waals surface area contributed by atoms with Crippen LogP contribution >= 0.6 is 0 Å². The molecule has 1 aliphatic rings. The fourth-order valence-corrected chi connectivity index (χ4v) is 2.02. The molecule has 1 heterocycles. The average Bonchev–Trinajstić information content (AvgIpc) is 2.74. The predicted octanol–water partition coefficient (Wildman–Crippen LogP) is 1.62. The van der Waals surface area contributed by atoms with Gasteiger partial charge in [0.25, 0.3) is 0 Å². The van der Waals surface area contributed by atoms with Crippen LogP contribution in [-0.4, -0.2) is 31.1 Å². The van der Waals surface area contributed by atoms with Crippen LogP contribution in [0.4, 0.5) is 4.39 Å². The number of halogens is 1. The highest BCUT2D eigenvalue weighted by Gasteiger charge is 2.18. The zero-order valence-corrected chi connectivity index (χ0v) is 9.04. The third-order valence-corrected chi connectivity index (χ3v) is 3.00. The van der Waals surface area contributed by atoms with Crippen LogP contribution in [-0.2, 0) is 6.54 Å². The van der Waals surface area contributed by atoms with E-state index in [0.29, 0.717) is 6.04 Å². The van der Waals surface area contributed by atoms with Crippen LogP contribution in [0.5, 0.6) is 0 Å². The summed E-state index contributed by atoms with van der Waals surface area (Å²) in [6, 6.07) is 7.38. The molecule has 2 rings (SSSR count). The molecule has 82 valence electrons. The van der Waals surface area contributed by atoms with E-state index in [0.717, 1.165) is 19.6 Å². The van der Waals surface area contributed by atoms with Gasteiger partial charge in [0.1, 0.15) is 5.82 Å². The second-order valence-corrected chi connectivity index (χ2v) is 4.19. The van der Waals surface area contributed by atoms with Crippen molar-refractivity contribution in [3.8, 4) is 0 Å². The van der Waals surface area contributed by atoms with Gasteiger partial charge in [0.15, 0.2) is 0 Å². The standard InChI is InChI=1S/C12H17FN2/c1-15(12-6-7-14-8-12)9-10-2-4-11(13)5-3-10/h2-5,12,14H,6-9H2,1H3. The molecule has 0 radical (unpaired) electrons. The van der Waals surface area contributed by atoms with Crippen LogP contribution in [0.15, 0.2) is 24.3 Å². The van der Waals surface area contributed by atoms with E-state index in [-0.39, 0.29) is 5.82 Å². The minimum Gasteiger partial charge on any atom is -0.315 e. The summed E-state index contributed by atoms with van der Waals surface area (Å²) in [4.78, 5) is 2.33. The highest BCUT2D eigenvalue weighted by Crippen LogP contribution is 2.11. The van der Waals surface area contributed by atoms with E-state index in [1.54, 1.807) is 0 Å². The maximum Gasteiger partial charge on any atom is 0.123 e. The Labute approximate surface area is 90.1 Å². The third kappa shape index (κ3) is 2.76. The lowest BCUT2D eigenvalue weighted by Gasteiger charge is -2.23. The van der Waals surface area contributed by atoms with Crippen LogP contribution in [0, 0.1) is 5.82 Å². The first-order chi connectivity index (χ1) is 7.25. The van der Waals surface area contributed by atoms with Gasteiger partial charge in [-0.25, -0.2) is 4.39 Å². The van der Waals surface area contributed by atoms with E-state index >= 15 is 0 Å². The van der Waals surface area contributed by atoms with Crippen molar-refractivity contribution in [1.29, 1.82) is 0 Å². The second-order valence-electron chi connectivity index (χ2n) is 4.19. The Morgan fingerprint density at radius 3 is 2.73 bits per heavy atom. The van der Waals surface area contributed by atoms with Gasteiger partial charge in [-0.05, 0) is 37.7 Å². The monoisotopic (exact) mass is 208 g/mol. The Hall–Kier alpha value is -0.930. The Kier molecular flexibility index (Phi) is 3.34. The van der Waals surface area contributed by atoms with Crippen molar-refractivity contribution in [3.63, 3.8) is 0 Å². The SMILES string of the molecule is CN(Cc1ccc(F)cc1)C1CCNC1. The number of hydrogen-bond acceptors (Lipinski definition) is 2. The highest BCUT2D eigenvalue weighted by molar-refractivity contribution is 5.16. The minimum absolute atomic E-state index is 0.163. The summed E-state index contributed by atoms with van der Waals surface area (Å²) >= 11 is 0. The first-order valence-corrected chi connectivity index (χ1v) is 5.41. The fraction of sp³-hybridized carbons (Fsp3) is 0.500. The van der Waals surface area contributed by atoms with Crippen molar-refractivity contribution in [3.05, 3.63) is 35.6 Å². The molecule has 3 heteroatoms. The molecule has 0 bridgehead atoms. The van der Waals surface area contributed by atoms with Crippen LogP contribution in [0.2, 0.25) is 0 Å². The number of nitrogens with zero attached hydrogens (tertiary/aromatic N) is 1. The number of benzene rings is 1. The molecule has 1 saturated heterocycles. The van der Waals surface area contributed by atoms with Gasteiger partial charge in [0, 0.05) is 19.1 Å². The van der Waals surface area contributed by atoms with Gasteiger partial charge in [0.05, 0.1) is 0 Å². The van der Waals surface area contributed by atoms with Gasteiger partial charge in [-0.3, -0.25) is 4.90 Å². The predicted molar refractivity (Wildman–Crippen MR) is 59.1 cm³/mol.